The van der Waals surface area contributed by atoms with Gasteiger partial charge in [-0.1, -0.05) is 30.8 Å². The molecule has 0 fully saturated rings. The SMILES string of the molecule is C=COS(=O)(=O)c1c(S(=O)(=O)O)cc2ccccc2c1S(=O)(=O)OCCN(C)C. The van der Waals surface area contributed by atoms with Crippen LogP contribution in [-0.4, -0.2) is 62.0 Å². The highest BCUT2D eigenvalue weighted by atomic mass is 32.2. The summed E-state index contributed by atoms with van der Waals surface area (Å²) in [6.45, 7) is 2.94. The van der Waals surface area contributed by atoms with E-state index in [-0.39, 0.29) is 23.9 Å². The van der Waals surface area contributed by atoms with Crippen LogP contribution in [0.15, 0.2) is 57.9 Å². The van der Waals surface area contributed by atoms with Crippen LogP contribution in [0.1, 0.15) is 0 Å². The lowest BCUT2D eigenvalue weighted by Gasteiger charge is -2.17. The fraction of sp³-hybridized carbons (Fsp3) is 0.250. The molecule has 2 aromatic rings. The summed E-state index contributed by atoms with van der Waals surface area (Å²) >= 11 is 0. The Morgan fingerprint density at radius 2 is 1.66 bits per heavy atom. The Bertz CT molecular complexity index is 1250. The molecule has 0 aliphatic rings. The van der Waals surface area contributed by atoms with Gasteiger partial charge in [0.25, 0.3) is 20.2 Å². The molecule has 160 valence electrons. The van der Waals surface area contributed by atoms with Crippen LogP contribution in [0, 0.1) is 0 Å². The summed E-state index contributed by atoms with van der Waals surface area (Å²) in [4.78, 5) is -1.75. The van der Waals surface area contributed by atoms with Crippen molar-refractivity contribution in [3.8, 4) is 0 Å². The van der Waals surface area contributed by atoms with E-state index >= 15 is 0 Å². The standard InChI is InChI=1S/C16H19NO9S3/c1-4-25-29(23,24)16-14(27(18,19)20)11-12-7-5-6-8-13(12)15(16)28(21,22)26-10-9-17(2)3/h4-8,11H,1,9-10H2,2-3H3,(H,18,19,20). The average molecular weight is 466 g/mol. The van der Waals surface area contributed by atoms with Crippen LogP contribution in [0.3, 0.4) is 0 Å². The topological polar surface area (TPSA) is 144 Å². The van der Waals surface area contributed by atoms with Gasteiger partial charge in [0.05, 0.1) is 12.9 Å². The fourth-order valence-electron chi connectivity index (χ4n) is 2.47. The smallest absolute Gasteiger partial charge is 0.341 e. The zero-order valence-corrected chi connectivity index (χ0v) is 17.9. The summed E-state index contributed by atoms with van der Waals surface area (Å²) < 4.78 is 93.7. The molecule has 0 aliphatic heterocycles. The number of hydrogen-bond acceptors (Lipinski definition) is 9. The van der Waals surface area contributed by atoms with Gasteiger partial charge in [0.2, 0.25) is 0 Å². The maximum atomic E-state index is 12.9. The average Bonchev–Trinajstić information content (AvgIpc) is 2.58. The maximum absolute atomic E-state index is 12.9. The van der Waals surface area contributed by atoms with Gasteiger partial charge in [0, 0.05) is 11.9 Å². The molecule has 29 heavy (non-hydrogen) atoms. The summed E-state index contributed by atoms with van der Waals surface area (Å²) in [5.41, 5.74) is 0. The summed E-state index contributed by atoms with van der Waals surface area (Å²) in [5.74, 6) is 0. The minimum Gasteiger partial charge on any atom is -0.388 e. The first kappa shape index (κ1) is 23.3. The number of fused-ring (bicyclic) bond motifs is 1. The quantitative estimate of drug-likeness (QED) is 0.326. The van der Waals surface area contributed by atoms with E-state index in [1.807, 2.05) is 0 Å². The summed E-state index contributed by atoms with van der Waals surface area (Å²) in [7, 11) is -11.6. The molecule has 0 spiro atoms. The van der Waals surface area contributed by atoms with Gasteiger partial charge < -0.3 is 9.08 Å². The number of benzene rings is 2. The van der Waals surface area contributed by atoms with Crippen LogP contribution in [0.2, 0.25) is 0 Å². The molecule has 2 aromatic carbocycles. The Kier molecular flexibility index (Phi) is 6.71. The summed E-state index contributed by atoms with van der Waals surface area (Å²) in [6.07, 6.45) is 0.488. The van der Waals surface area contributed by atoms with Gasteiger partial charge in [-0.25, -0.2) is 0 Å². The molecule has 10 nitrogen and oxygen atoms in total. The van der Waals surface area contributed by atoms with Gasteiger partial charge in [0.15, 0.2) is 0 Å². The van der Waals surface area contributed by atoms with E-state index in [9.17, 15) is 29.8 Å². The van der Waals surface area contributed by atoms with Crippen LogP contribution >= 0.6 is 0 Å². The molecule has 0 amide bonds. The van der Waals surface area contributed by atoms with Crippen molar-refractivity contribution in [2.45, 2.75) is 14.7 Å². The van der Waals surface area contributed by atoms with Crippen LogP contribution in [0.5, 0.6) is 0 Å². The predicted octanol–water partition coefficient (Wildman–Crippen LogP) is 1.20. The summed E-state index contributed by atoms with van der Waals surface area (Å²) in [6, 6.07) is 6.38. The number of hydrogen-bond donors (Lipinski definition) is 1. The highest BCUT2D eigenvalue weighted by Gasteiger charge is 2.37. The van der Waals surface area contributed by atoms with Gasteiger partial charge in [-0.2, -0.15) is 25.3 Å². The molecule has 0 saturated carbocycles. The lowest BCUT2D eigenvalue weighted by molar-refractivity contribution is 0.264. The van der Waals surface area contributed by atoms with Crippen LogP contribution in [-0.2, 0) is 38.7 Å². The predicted molar refractivity (Wildman–Crippen MR) is 104 cm³/mol. The zero-order chi connectivity index (χ0) is 22.0. The minimum atomic E-state index is -5.16. The van der Waals surface area contributed by atoms with E-state index in [4.69, 9.17) is 4.18 Å². The van der Waals surface area contributed by atoms with Gasteiger partial charge in [-0.05, 0) is 25.5 Å². The van der Waals surface area contributed by atoms with E-state index in [2.05, 4.69) is 10.8 Å². The zero-order valence-electron chi connectivity index (χ0n) is 15.5. The van der Waals surface area contributed by atoms with Crippen molar-refractivity contribution in [3.05, 3.63) is 43.2 Å². The number of rotatable bonds is 9. The molecule has 0 aromatic heterocycles. The minimum absolute atomic E-state index is 0.0486. The van der Waals surface area contributed by atoms with Crippen molar-refractivity contribution in [3.63, 3.8) is 0 Å². The molecule has 13 heteroatoms. The lowest BCUT2D eigenvalue weighted by atomic mass is 10.1. The first-order chi connectivity index (χ1) is 13.3. The highest BCUT2D eigenvalue weighted by molar-refractivity contribution is 7.91. The molecular weight excluding hydrogens is 446 g/mol. The number of nitrogens with zero attached hydrogens (tertiary/aromatic N) is 1. The van der Waals surface area contributed by atoms with Crippen LogP contribution in [0.4, 0.5) is 0 Å². The Hall–Kier alpha value is -2.03. The van der Waals surface area contributed by atoms with Crippen molar-refractivity contribution in [1.29, 1.82) is 0 Å². The monoisotopic (exact) mass is 465 g/mol. The van der Waals surface area contributed by atoms with Crippen molar-refractivity contribution < 1.29 is 38.2 Å². The van der Waals surface area contributed by atoms with Gasteiger partial charge in [-0.3, -0.25) is 8.74 Å². The Morgan fingerprint density at radius 1 is 1.03 bits per heavy atom. The van der Waals surface area contributed by atoms with Gasteiger partial charge in [-0.15, -0.1) is 0 Å². The molecule has 0 bridgehead atoms. The second kappa shape index (κ2) is 8.38. The Labute approximate surface area is 169 Å². The normalized spacial score (nSPS) is 13.0. The molecule has 0 heterocycles. The van der Waals surface area contributed by atoms with Crippen LogP contribution < -0.4 is 0 Å². The van der Waals surface area contributed by atoms with Crippen molar-refractivity contribution in [1.82, 2.24) is 4.90 Å². The largest absolute Gasteiger partial charge is 0.388 e. The summed E-state index contributed by atoms with van der Waals surface area (Å²) in [5, 5.41) is -0.0801. The fourth-order valence-corrected chi connectivity index (χ4v) is 6.51. The molecule has 0 radical (unpaired) electrons. The molecule has 2 rings (SSSR count). The third kappa shape index (κ3) is 5.12. The molecule has 0 unspecified atom stereocenters. The van der Waals surface area contributed by atoms with E-state index in [1.54, 1.807) is 19.0 Å². The second-order valence-corrected chi connectivity index (χ2v) is 10.5. The third-order valence-electron chi connectivity index (χ3n) is 3.67. The van der Waals surface area contributed by atoms with Crippen LogP contribution in [0.25, 0.3) is 10.8 Å². The molecule has 0 aliphatic carbocycles. The van der Waals surface area contributed by atoms with E-state index in [0.29, 0.717) is 6.26 Å². The second-order valence-electron chi connectivity index (χ2n) is 6.03. The molecule has 0 saturated heterocycles. The molecule has 1 N–H and O–H groups in total. The first-order valence-corrected chi connectivity index (χ1v) is 12.2. The molecular formula is C16H19NO9S3. The maximum Gasteiger partial charge on any atom is 0.341 e. The van der Waals surface area contributed by atoms with E-state index in [0.717, 1.165) is 6.07 Å². The van der Waals surface area contributed by atoms with Gasteiger partial charge in [0.1, 0.15) is 14.7 Å². The highest BCUT2D eigenvalue weighted by Crippen LogP contribution is 2.37. The third-order valence-corrected chi connectivity index (χ3v) is 7.52. The van der Waals surface area contributed by atoms with E-state index in [1.165, 1.54) is 24.3 Å². The van der Waals surface area contributed by atoms with Crippen molar-refractivity contribution in [2.24, 2.45) is 0 Å². The van der Waals surface area contributed by atoms with Gasteiger partial charge >= 0.3 is 10.1 Å². The first-order valence-electron chi connectivity index (χ1n) is 7.93. The van der Waals surface area contributed by atoms with Crippen molar-refractivity contribution in [2.75, 3.05) is 27.2 Å². The Morgan fingerprint density at radius 3 is 2.21 bits per heavy atom. The Balaban J connectivity index is 3.00. The molecule has 0 atom stereocenters. The van der Waals surface area contributed by atoms with Crippen molar-refractivity contribution >= 4 is 41.1 Å². The van der Waals surface area contributed by atoms with E-state index < -0.39 is 45.0 Å². The number of likely N-dealkylation sites (N-methyl/N-ethyl adjacent to an activating group) is 1. The lowest BCUT2D eigenvalue weighted by Crippen LogP contribution is -2.22.